The lowest BCUT2D eigenvalue weighted by molar-refractivity contribution is -0.0320. The zero-order chi connectivity index (χ0) is 12.0. The molecule has 96 valence electrons. The van der Waals surface area contributed by atoms with Crippen molar-refractivity contribution in [3.63, 3.8) is 0 Å². The van der Waals surface area contributed by atoms with Crippen molar-refractivity contribution >= 4 is 0 Å². The average Bonchev–Trinajstić information content (AvgIpc) is 2.19. The Balaban J connectivity index is 2.07. The molecule has 0 aromatic heterocycles. The average molecular weight is 229 g/mol. The predicted octanol–water partition coefficient (Wildman–Crippen LogP) is 2.30. The number of likely N-dealkylation sites (tertiary alicyclic amines) is 1. The van der Waals surface area contributed by atoms with Crippen molar-refractivity contribution in [1.82, 2.24) is 4.90 Å². The lowest BCUT2D eigenvalue weighted by Crippen LogP contribution is -2.39. The van der Waals surface area contributed by atoms with Crippen LogP contribution < -0.4 is 0 Å². The Morgan fingerprint density at radius 1 is 1.06 bits per heavy atom. The highest BCUT2D eigenvalue weighted by molar-refractivity contribution is 4.72. The van der Waals surface area contributed by atoms with Gasteiger partial charge in [0.2, 0.25) is 0 Å². The zero-order valence-corrected chi connectivity index (χ0v) is 11.2. The first-order chi connectivity index (χ1) is 7.58. The van der Waals surface area contributed by atoms with Gasteiger partial charge in [-0.2, -0.15) is 0 Å². The fourth-order valence-corrected chi connectivity index (χ4v) is 2.07. The third-order valence-electron chi connectivity index (χ3n) is 2.86. The van der Waals surface area contributed by atoms with Crippen molar-refractivity contribution in [1.29, 1.82) is 0 Å². The standard InChI is InChI=1S/C13H27NO2/c1-11(2)15-10-9-14-7-5-13(6-8-14)16-12(3)4/h11-13H,5-10H2,1-4H3. The van der Waals surface area contributed by atoms with Crippen LogP contribution in [0.2, 0.25) is 0 Å². The Labute approximate surface area is 100 Å². The van der Waals surface area contributed by atoms with Gasteiger partial charge in [0.1, 0.15) is 0 Å². The van der Waals surface area contributed by atoms with Crippen molar-refractivity contribution in [2.45, 2.75) is 58.8 Å². The van der Waals surface area contributed by atoms with Gasteiger partial charge in [-0.25, -0.2) is 0 Å². The Bertz CT molecular complexity index is 175. The maximum atomic E-state index is 5.82. The van der Waals surface area contributed by atoms with E-state index in [9.17, 15) is 0 Å². The molecule has 16 heavy (non-hydrogen) atoms. The van der Waals surface area contributed by atoms with Gasteiger partial charge in [-0.05, 0) is 40.5 Å². The molecule has 1 heterocycles. The molecule has 1 aliphatic rings. The van der Waals surface area contributed by atoms with E-state index in [2.05, 4.69) is 32.6 Å². The largest absolute Gasteiger partial charge is 0.377 e. The van der Waals surface area contributed by atoms with E-state index in [0.29, 0.717) is 18.3 Å². The summed E-state index contributed by atoms with van der Waals surface area (Å²) in [5.41, 5.74) is 0. The summed E-state index contributed by atoms with van der Waals surface area (Å²) >= 11 is 0. The summed E-state index contributed by atoms with van der Waals surface area (Å²) in [6.07, 6.45) is 3.52. The molecule has 3 heteroatoms. The molecule has 0 unspecified atom stereocenters. The van der Waals surface area contributed by atoms with Crippen molar-refractivity contribution < 1.29 is 9.47 Å². The minimum atomic E-state index is 0.349. The summed E-state index contributed by atoms with van der Waals surface area (Å²) in [5, 5.41) is 0. The number of hydrogen-bond acceptors (Lipinski definition) is 3. The van der Waals surface area contributed by atoms with Gasteiger partial charge in [0.15, 0.2) is 0 Å². The Hall–Kier alpha value is -0.120. The molecule has 3 nitrogen and oxygen atoms in total. The number of ether oxygens (including phenoxy) is 2. The molecule has 0 aromatic carbocycles. The Kier molecular flexibility index (Phi) is 6.32. The summed E-state index contributed by atoms with van der Waals surface area (Å²) in [6, 6.07) is 0. The van der Waals surface area contributed by atoms with Gasteiger partial charge in [0.05, 0.1) is 24.9 Å². The van der Waals surface area contributed by atoms with Crippen LogP contribution in [0.25, 0.3) is 0 Å². The van der Waals surface area contributed by atoms with E-state index in [0.717, 1.165) is 26.2 Å². The smallest absolute Gasteiger partial charge is 0.0603 e. The lowest BCUT2D eigenvalue weighted by Gasteiger charge is -2.32. The van der Waals surface area contributed by atoms with E-state index >= 15 is 0 Å². The molecule has 1 saturated heterocycles. The summed E-state index contributed by atoms with van der Waals surface area (Å²) in [6.45, 7) is 12.6. The summed E-state index contributed by atoms with van der Waals surface area (Å²) in [5.74, 6) is 0. The van der Waals surface area contributed by atoms with E-state index in [1.54, 1.807) is 0 Å². The van der Waals surface area contributed by atoms with Gasteiger partial charge in [0.25, 0.3) is 0 Å². The maximum Gasteiger partial charge on any atom is 0.0603 e. The van der Waals surface area contributed by atoms with Crippen LogP contribution in [0.4, 0.5) is 0 Å². The van der Waals surface area contributed by atoms with Crippen LogP contribution in [0, 0.1) is 0 Å². The molecule has 0 aliphatic carbocycles. The monoisotopic (exact) mass is 229 g/mol. The van der Waals surface area contributed by atoms with Crippen LogP contribution in [-0.2, 0) is 9.47 Å². The van der Waals surface area contributed by atoms with Gasteiger partial charge in [-0.1, -0.05) is 0 Å². The van der Waals surface area contributed by atoms with E-state index in [1.807, 2.05) is 0 Å². The molecule has 0 atom stereocenters. The van der Waals surface area contributed by atoms with Crippen molar-refractivity contribution in [3.8, 4) is 0 Å². The van der Waals surface area contributed by atoms with E-state index in [4.69, 9.17) is 9.47 Å². The molecule has 0 N–H and O–H groups in total. The molecule has 0 bridgehead atoms. The van der Waals surface area contributed by atoms with Crippen LogP contribution in [0.5, 0.6) is 0 Å². The fourth-order valence-electron chi connectivity index (χ4n) is 2.07. The van der Waals surface area contributed by atoms with Crippen molar-refractivity contribution in [2.24, 2.45) is 0 Å². The highest BCUT2D eigenvalue weighted by Gasteiger charge is 2.19. The molecule has 1 aliphatic heterocycles. The summed E-state index contributed by atoms with van der Waals surface area (Å²) in [4.78, 5) is 2.47. The quantitative estimate of drug-likeness (QED) is 0.697. The van der Waals surface area contributed by atoms with Gasteiger partial charge in [-0.3, -0.25) is 0 Å². The molecule has 0 saturated carbocycles. The van der Waals surface area contributed by atoms with Crippen LogP contribution in [0.1, 0.15) is 40.5 Å². The number of rotatable bonds is 6. The maximum absolute atomic E-state index is 5.82. The second-order valence-electron chi connectivity index (χ2n) is 5.15. The van der Waals surface area contributed by atoms with Crippen molar-refractivity contribution in [3.05, 3.63) is 0 Å². The first-order valence-corrected chi connectivity index (χ1v) is 6.57. The lowest BCUT2D eigenvalue weighted by atomic mass is 10.1. The van der Waals surface area contributed by atoms with Crippen molar-refractivity contribution in [2.75, 3.05) is 26.2 Å². The van der Waals surface area contributed by atoms with Crippen LogP contribution in [-0.4, -0.2) is 49.5 Å². The highest BCUT2D eigenvalue weighted by atomic mass is 16.5. The van der Waals surface area contributed by atoms with Crippen LogP contribution in [0.15, 0.2) is 0 Å². The van der Waals surface area contributed by atoms with Crippen LogP contribution >= 0.6 is 0 Å². The van der Waals surface area contributed by atoms with Gasteiger partial charge >= 0.3 is 0 Å². The minimum absolute atomic E-state index is 0.349. The molecule has 0 amide bonds. The summed E-state index contributed by atoms with van der Waals surface area (Å²) < 4.78 is 11.4. The summed E-state index contributed by atoms with van der Waals surface area (Å²) in [7, 11) is 0. The first kappa shape index (κ1) is 13.9. The second kappa shape index (κ2) is 7.25. The molecule has 0 aromatic rings. The first-order valence-electron chi connectivity index (χ1n) is 6.57. The molecule has 0 radical (unpaired) electrons. The normalized spacial score (nSPS) is 19.9. The third-order valence-corrected chi connectivity index (χ3v) is 2.86. The predicted molar refractivity (Wildman–Crippen MR) is 66.8 cm³/mol. The van der Waals surface area contributed by atoms with E-state index in [1.165, 1.54) is 12.8 Å². The SMILES string of the molecule is CC(C)OCCN1CCC(OC(C)C)CC1. The second-order valence-corrected chi connectivity index (χ2v) is 5.15. The number of hydrogen-bond donors (Lipinski definition) is 0. The fraction of sp³-hybridized carbons (Fsp3) is 1.00. The van der Waals surface area contributed by atoms with Crippen LogP contribution in [0.3, 0.4) is 0 Å². The third kappa shape index (κ3) is 5.83. The Morgan fingerprint density at radius 3 is 2.19 bits per heavy atom. The minimum Gasteiger partial charge on any atom is -0.377 e. The van der Waals surface area contributed by atoms with Gasteiger partial charge in [0, 0.05) is 19.6 Å². The Morgan fingerprint density at radius 2 is 1.69 bits per heavy atom. The highest BCUT2D eigenvalue weighted by Crippen LogP contribution is 2.14. The van der Waals surface area contributed by atoms with Gasteiger partial charge < -0.3 is 14.4 Å². The number of nitrogens with zero attached hydrogens (tertiary/aromatic N) is 1. The molecular weight excluding hydrogens is 202 g/mol. The topological polar surface area (TPSA) is 21.7 Å². The van der Waals surface area contributed by atoms with Gasteiger partial charge in [-0.15, -0.1) is 0 Å². The van der Waals surface area contributed by atoms with E-state index < -0.39 is 0 Å². The molecular formula is C13H27NO2. The molecule has 1 fully saturated rings. The molecule has 1 rings (SSSR count). The molecule has 0 spiro atoms. The zero-order valence-electron chi connectivity index (χ0n) is 11.2. The van der Waals surface area contributed by atoms with E-state index in [-0.39, 0.29) is 0 Å². The number of piperidine rings is 1.